The molecule has 23 heavy (non-hydrogen) atoms. The van der Waals surface area contributed by atoms with E-state index in [1.54, 1.807) is 6.20 Å². The highest BCUT2D eigenvalue weighted by Crippen LogP contribution is 2.27. The molecule has 0 aliphatic rings. The van der Waals surface area contributed by atoms with Crippen LogP contribution in [0, 0.1) is 6.92 Å². The largest absolute Gasteiger partial charge is 0.328 e. The Bertz CT molecular complexity index is 953. The van der Waals surface area contributed by atoms with E-state index in [1.165, 1.54) is 11.5 Å². The summed E-state index contributed by atoms with van der Waals surface area (Å²) in [6, 6.07) is 1.92. The Labute approximate surface area is 135 Å². The molecule has 4 heterocycles. The lowest BCUT2D eigenvalue weighted by molar-refractivity contribution is 1.03. The van der Waals surface area contributed by atoms with Crippen molar-refractivity contribution in [2.24, 2.45) is 5.73 Å². The second-order valence-corrected chi connectivity index (χ2v) is 5.87. The molecule has 8 nitrogen and oxygen atoms in total. The van der Waals surface area contributed by atoms with Crippen LogP contribution in [0.15, 0.2) is 30.9 Å². The molecule has 4 aromatic rings. The number of nitrogens with zero attached hydrogens (tertiary/aromatic N) is 5. The predicted molar refractivity (Wildman–Crippen MR) is 88.6 cm³/mol. The second kappa shape index (κ2) is 5.45. The Morgan fingerprint density at radius 1 is 1.39 bits per heavy atom. The van der Waals surface area contributed by atoms with Crippen LogP contribution >= 0.6 is 11.5 Å². The molecule has 9 heteroatoms. The van der Waals surface area contributed by atoms with Crippen LogP contribution in [-0.4, -0.2) is 28.9 Å². The number of nitrogens with two attached hydrogens (primary N) is 1. The monoisotopic (exact) mass is 326 g/mol. The number of hydrogen-bond donors (Lipinski definition) is 3. The molecule has 0 radical (unpaired) electrons. The summed E-state index contributed by atoms with van der Waals surface area (Å²) in [6.07, 6.45) is 7.37. The minimum absolute atomic E-state index is 0.419. The van der Waals surface area contributed by atoms with Gasteiger partial charge in [-0.15, -0.1) is 0 Å². The summed E-state index contributed by atoms with van der Waals surface area (Å²) in [5.74, 6) is 0.687. The van der Waals surface area contributed by atoms with E-state index in [2.05, 4.69) is 29.9 Å². The van der Waals surface area contributed by atoms with Crippen LogP contribution in [0.2, 0.25) is 0 Å². The van der Waals surface area contributed by atoms with Crippen LogP contribution in [0.3, 0.4) is 0 Å². The minimum Gasteiger partial charge on any atom is -0.328 e. The molecule has 0 aliphatic heterocycles. The van der Waals surface area contributed by atoms with Gasteiger partial charge in [0.1, 0.15) is 5.00 Å². The highest BCUT2D eigenvalue weighted by atomic mass is 32.1. The molecule has 0 unspecified atom stereocenters. The lowest BCUT2D eigenvalue weighted by Gasteiger charge is -2.07. The molecule has 0 bridgehead atoms. The van der Waals surface area contributed by atoms with Crippen LogP contribution in [0.1, 0.15) is 11.4 Å². The number of fused-ring (bicyclic) bond motifs is 1. The molecule has 4 aromatic heterocycles. The Morgan fingerprint density at radius 3 is 3.04 bits per heavy atom. The number of rotatable bonds is 4. The normalized spacial score (nSPS) is 11.2. The topological polar surface area (TPSA) is 110 Å². The standard InChI is InChI=1S/C14H14N8S/c1-8-7-22-11(9-4-17-18-5-9)6-16-14(22)13(19-8)20-12-2-10(3-15)21-23-12/h2,4-7H,3,15H2,1H3,(H,17,18)(H,19,20). The zero-order chi connectivity index (χ0) is 15.8. The summed E-state index contributed by atoms with van der Waals surface area (Å²) in [5.41, 5.74) is 10.0. The summed E-state index contributed by atoms with van der Waals surface area (Å²) >= 11 is 1.35. The molecule has 0 saturated carbocycles. The number of hydrogen-bond acceptors (Lipinski definition) is 7. The van der Waals surface area contributed by atoms with E-state index >= 15 is 0 Å². The molecule has 0 fully saturated rings. The molecule has 0 spiro atoms. The van der Waals surface area contributed by atoms with Gasteiger partial charge in [0.05, 0.1) is 29.5 Å². The van der Waals surface area contributed by atoms with Crippen molar-refractivity contribution >= 4 is 28.0 Å². The predicted octanol–water partition coefficient (Wildman–Crippen LogP) is 2.09. The summed E-state index contributed by atoms with van der Waals surface area (Å²) < 4.78 is 6.27. The Morgan fingerprint density at radius 2 is 2.30 bits per heavy atom. The Kier molecular flexibility index (Phi) is 3.28. The summed E-state index contributed by atoms with van der Waals surface area (Å²) in [7, 11) is 0. The van der Waals surface area contributed by atoms with E-state index in [1.807, 2.05) is 36.0 Å². The van der Waals surface area contributed by atoms with Crippen LogP contribution < -0.4 is 11.1 Å². The van der Waals surface area contributed by atoms with Gasteiger partial charge in [-0.3, -0.25) is 9.50 Å². The first kappa shape index (κ1) is 13.9. The van der Waals surface area contributed by atoms with Crippen LogP contribution in [0.25, 0.3) is 16.9 Å². The van der Waals surface area contributed by atoms with Crippen molar-refractivity contribution < 1.29 is 0 Å². The van der Waals surface area contributed by atoms with Crippen molar-refractivity contribution in [1.29, 1.82) is 0 Å². The molecular weight excluding hydrogens is 312 g/mol. The van der Waals surface area contributed by atoms with Gasteiger partial charge < -0.3 is 11.1 Å². The number of aromatic nitrogens is 6. The first-order chi connectivity index (χ1) is 11.2. The highest BCUT2D eigenvalue weighted by molar-refractivity contribution is 7.10. The Balaban J connectivity index is 1.80. The summed E-state index contributed by atoms with van der Waals surface area (Å²) in [4.78, 5) is 9.05. The maximum Gasteiger partial charge on any atom is 0.180 e. The number of imidazole rings is 1. The van der Waals surface area contributed by atoms with Gasteiger partial charge in [-0.25, -0.2) is 9.97 Å². The number of anilines is 2. The molecule has 0 amide bonds. The molecular formula is C14H14N8S. The lowest BCUT2D eigenvalue weighted by atomic mass is 10.3. The van der Waals surface area contributed by atoms with Gasteiger partial charge in [-0.2, -0.15) is 9.47 Å². The van der Waals surface area contributed by atoms with E-state index in [4.69, 9.17) is 5.73 Å². The van der Waals surface area contributed by atoms with Gasteiger partial charge in [0.25, 0.3) is 0 Å². The van der Waals surface area contributed by atoms with Gasteiger partial charge in [0.2, 0.25) is 0 Å². The van der Waals surface area contributed by atoms with E-state index in [9.17, 15) is 0 Å². The SMILES string of the molecule is Cc1cn2c(-c3cn[nH]c3)cnc2c(Nc2cc(CN)ns2)n1. The van der Waals surface area contributed by atoms with Crippen molar-refractivity contribution in [1.82, 2.24) is 28.9 Å². The van der Waals surface area contributed by atoms with Gasteiger partial charge in [0, 0.05) is 24.5 Å². The molecule has 4 rings (SSSR count). The molecule has 4 N–H and O–H groups in total. The summed E-state index contributed by atoms with van der Waals surface area (Å²) in [5, 5.41) is 11.0. The fourth-order valence-electron chi connectivity index (χ4n) is 2.38. The minimum atomic E-state index is 0.419. The van der Waals surface area contributed by atoms with Crippen molar-refractivity contribution in [3.8, 4) is 11.3 Å². The Hall–Kier alpha value is -2.78. The van der Waals surface area contributed by atoms with Crippen LogP contribution in [0.5, 0.6) is 0 Å². The molecule has 0 aromatic carbocycles. The quantitative estimate of drug-likeness (QED) is 0.530. The highest BCUT2D eigenvalue weighted by Gasteiger charge is 2.13. The fourth-order valence-corrected chi connectivity index (χ4v) is 3.05. The second-order valence-electron chi connectivity index (χ2n) is 5.07. The van der Waals surface area contributed by atoms with Gasteiger partial charge in [-0.05, 0) is 24.5 Å². The van der Waals surface area contributed by atoms with E-state index < -0.39 is 0 Å². The maximum absolute atomic E-state index is 5.60. The number of nitrogens with one attached hydrogen (secondary N) is 2. The average Bonchev–Trinajstić information content (AvgIpc) is 3.26. The van der Waals surface area contributed by atoms with Crippen molar-refractivity contribution in [2.75, 3.05) is 5.32 Å². The fraction of sp³-hybridized carbons (Fsp3) is 0.143. The molecule has 0 saturated heterocycles. The average molecular weight is 326 g/mol. The third kappa shape index (κ3) is 2.45. The van der Waals surface area contributed by atoms with Crippen molar-refractivity contribution in [2.45, 2.75) is 13.5 Å². The molecule has 116 valence electrons. The van der Waals surface area contributed by atoms with E-state index in [0.717, 1.165) is 33.3 Å². The van der Waals surface area contributed by atoms with E-state index in [-0.39, 0.29) is 0 Å². The van der Waals surface area contributed by atoms with E-state index in [0.29, 0.717) is 12.4 Å². The number of H-pyrrole nitrogens is 1. The number of aromatic amines is 1. The smallest absolute Gasteiger partial charge is 0.180 e. The third-order valence-corrected chi connectivity index (χ3v) is 4.16. The zero-order valence-electron chi connectivity index (χ0n) is 12.3. The van der Waals surface area contributed by atoms with Gasteiger partial charge >= 0.3 is 0 Å². The van der Waals surface area contributed by atoms with Crippen LogP contribution in [-0.2, 0) is 6.54 Å². The first-order valence-corrected chi connectivity index (χ1v) is 7.78. The molecule has 0 aliphatic carbocycles. The van der Waals surface area contributed by atoms with Crippen molar-refractivity contribution in [3.63, 3.8) is 0 Å². The molecule has 0 atom stereocenters. The van der Waals surface area contributed by atoms with Crippen molar-refractivity contribution in [3.05, 3.63) is 42.2 Å². The first-order valence-electron chi connectivity index (χ1n) is 7.01. The zero-order valence-corrected chi connectivity index (χ0v) is 13.1. The maximum atomic E-state index is 5.60. The van der Waals surface area contributed by atoms with Gasteiger partial charge in [-0.1, -0.05) is 0 Å². The van der Waals surface area contributed by atoms with Gasteiger partial charge in [0.15, 0.2) is 11.5 Å². The van der Waals surface area contributed by atoms with Crippen LogP contribution in [0.4, 0.5) is 10.8 Å². The lowest BCUT2D eigenvalue weighted by Crippen LogP contribution is -2.00. The number of aryl methyl sites for hydroxylation is 1. The summed E-state index contributed by atoms with van der Waals surface area (Å²) in [6.45, 7) is 2.37. The third-order valence-electron chi connectivity index (χ3n) is 3.42.